The summed E-state index contributed by atoms with van der Waals surface area (Å²) >= 11 is 3.36. The molecule has 24 heavy (non-hydrogen) atoms. The van der Waals surface area contributed by atoms with Gasteiger partial charge in [0, 0.05) is 28.5 Å². The molecular weight excluding hydrogens is 376 g/mol. The maximum atomic E-state index is 12.1. The summed E-state index contributed by atoms with van der Waals surface area (Å²) in [5.74, 6) is 0.0913. The van der Waals surface area contributed by atoms with Crippen LogP contribution in [0.25, 0.3) is 5.65 Å². The topological polar surface area (TPSA) is 88.2 Å². The molecule has 3 aromatic rings. The van der Waals surface area contributed by atoms with Crippen molar-refractivity contribution in [2.75, 3.05) is 7.11 Å². The number of hydrogen-bond acceptors (Lipinski definition) is 5. The maximum Gasteiger partial charge on any atom is 0.291 e. The van der Waals surface area contributed by atoms with Crippen LogP contribution in [0.2, 0.25) is 0 Å². The Hall–Kier alpha value is -2.87. The van der Waals surface area contributed by atoms with Crippen LogP contribution < -0.4 is 10.2 Å². The second-order valence-electron chi connectivity index (χ2n) is 4.86. The Labute approximate surface area is 145 Å². The Morgan fingerprint density at radius 2 is 2.21 bits per heavy atom. The largest absolute Gasteiger partial charge is 0.507 e. The zero-order valence-corrected chi connectivity index (χ0v) is 14.2. The second-order valence-corrected chi connectivity index (χ2v) is 5.78. The number of nitrogens with zero attached hydrogens (tertiary/aromatic N) is 3. The van der Waals surface area contributed by atoms with Crippen LogP contribution in [0.15, 0.2) is 52.3 Å². The first kappa shape index (κ1) is 16.0. The van der Waals surface area contributed by atoms with Gasteiger partial charge in [0.2, 0.25) is 0 Å². The molecule has 0 atom stereocenters. The molecule has 2 N–H and O–H groups in total. The van der Waals surface area contributed by atoms with Gasteiger partial charge in [0.1, 0.15) is 22.8 Å². The molecule has 0 fully saturated rings. The van der Waals surface area contributed by atoms with Crippen molar-refractivity contribution in [3.05, 3.63) is 58.5 Å². The van der Waals surface area contributed by atoms with Crippen LogP contribution in [0.4, 0.5) is 0 Å². The van der Waals surface area contributed by atoms with Crippen molar-refractivity contribution in [3.63, 3.8) is 0 Å². The molecule has 0 aliphatic heterocycles. The van der Waals surface area contributed by atoms with Gasteiger partial charge in [-0.15, -0.1) is 0 Å². The number of hydrogen-bond donors (Lipinski definition) is 2. The predicted molar refractivity (Wildman–Crippen MR) is 92.6 cm³/mol. The lowest BCUT2D eigenvalue weighted by atomic mass is 10.2. The van der Waals surface area contributed by atoms with Crippen LogP contribution in [0.3, 0.4) is 0 Å². The number of amides is 1. The number of methoxy groups -OCH3 is 1. The summed E-state index contributed by atoms with van der Waals surface area (Å²) in [4.78, 5) is 16.3. The lowest BCUT2D eigenvalue weighted by Gasteiger charge is -2.02. The van der Waals surface area contributed by atoms with E-state index in [2.05, 4.69) is 31.4 Å². The molecule has 0 unspecified atom stereocenters. The summed E-state index contributed by atoms with van der Waals surface area (Å²) in [5, 5.41) is 13.7. The molecule has 3 rings (SSSR count). The molecule has 0 spiro atoms. The Morgan fingerprint density at radius 1 is 1.38 bits per heavy atom. The van der Waals surface area contributed by atoms with Crippen molar-refractivity contribution in [3.8, 4) is 11.5 Å². The van der Waals surface area contributed by atoms with E-state index >= 15 is 0 Å². The summed E-state index contributed by atoms with van der Waals surface area (Å²) in [7, 11) is 1.51. The van der Waals surface area contributed by atoms with Crippen LogP contribution in [0, 0.1) is 0 Å². The Kier molecular flexibility index (Phi) is 4.48. The van der Waals surface area contributed by atoms with Crippen molar-refractivity contribution >= 4 is 33.7 Å². The highest BCUT2D eigenvalue weighted by Crippen LogP contribution is 2.21. The summed E-state index contributed by atoms with van der Waals surface area (Å²) in [6.07, 6.45) is 4.76. The van der Waals surface area contributed by atoms with E-state index in [-0.39, 0.29) is 11.4 Å². The van der Waals surface area contributed by atoms with Crippen LogP contribution in [-0.2, 0) is 0 Å². The Bertz CT molecular complexity index is 936. The van der Waals surface area contributed by atoms with E-state index in [1.807, 2.05) is 6.07 Å². The minimum absolute atomic E-state index is 0.00456. The van der Waals surface area contributed by atoms with E-state index in [4.69, 9.17) is 4.74 Å². The fraction of sp³-hybridized carbons (Fsp3) is 0.0625. The molecular formula is C16H13BrN4O3. The zero-order valence-electron chi connectivity index (χ0n) is 12.6. The van der Waals surface area contributed by atoms with Crippen molar-refractivity contribution in [2.45, 2.75) is 0 Å². The molecule has 8 heteroatoms. The highest BCUT2D eigenvalue weighted by Gasteiger charge is 2.10. The van der Waals surface area contributed by atoms with Gasteiger partial charge in [0.25, 0.3) is 5.91 Å². The number of aromatic nitrogens is 2. The lowest BCUT2D eigenvalue weighted by molar-refractivity contribution is 0.0950. The Morgan fingerprint density at radius 3 is 2.96 bits per heavy atom. The second kappa shape index (κ2) is 6.71. The van der Waals surface area contributed by atoms with E-state index in [9.17, 15) is 9.90 Å². The molecule has 1 amide bonds. The third-order valence-corrected chi connectivity index (χ3v) is 3.72. The van der Waals surface area contributed by atoms with Crippen LogP contribution >= 0.6 is 15.9 Å². The van der Waals surface area contributed by atoms with Gasteiger partial charge in [-0.3, -0.25) is 4.79 Å². The lowest BCUT2D eigenvalue weighted by Crippen LogP contribution is -2.17. The summed E-state index contributed by atoms with van der Waals surface area (Å²) < 4.78 is 7.62. The highest BCUT2D eigenvalue weighted by molar-refractivity contribution is 9.10. The number of fused-ring (bicyclic) bond motifs is 1. The first-order valence-corrected chi connectivity index (χ1v) is 7.71. The fourth-order valence-electron chi connectivity index (χ4n) is 2.05. The number of benzene rings is 1. The smallest absolute Gasteiger partial charge is 0.291 e. The summed E-state index contributed by atoms with van der Waals surface area (Å²) in [6, 6.07) is 8.41. The number of aromatic hydroxyl groups is 1. The van der Waals surface area contributed by atoms with E-state index in [1.54, 1.807) is 35.0 Å². The number of carbonyl (C=O) groups excluding carboxylic acids is 1. The van der Waals surface area contributed by atoms with Gasteiger partial charge in [-0.25, -0.2) is 10.4 Å². The van der Waals surface area contributed by atoms with E-state index in [1.165, 1.54) is 19.4 Å². The molecule has 0 radical (unpaired) electrons. The standard InChI is InChI=1S/C16H13BrN4O3/c1-24-12-4-2-10(14(22)6-12)7-18-20-16(23)13-9-21-8-11(17)3-5-15(21)19-13/h2-9,22H,1H3,(H,20,23). The third-order valence-electron chi connectivity index (χ3n) is 3.25. The molecule has 2 heterocycles. The van der Waals surface area contributed by atoms with Crippen molar-refractivity contribution in [1.29, 1.82) is 0 Å². The minimum Gasteiger partial charge on any atom is -0.507 e. The number of phenolic OH excluding ortho intramolecular Hbond substituents is 1. The van der Waals surface area contributed by atoms with E-state index < -0.39 is 5.91 Å². The van der Waals surface area contributed by atoms with Gasteiger partial charge in [-0.2, -0.15) is 5.10 Å². The molecule has 0 saturated carbocycles. The normalized spacial score (nSPS) is 11.1. The SMILES string of the molecule is COc1ccc(C=NNC(=O)c2cn3cc(Br)ccc3n2)c(O)c1. The average molecular weight is 389 g/mol. The minimum atomic E-state index is -0.445. The maximum absolute atomic E-state index is 12.1. The van der Waals surface area contributed by atoms with Crippen LogP contribution in [0.1, 0.15) is 16.1 Å². The molecule has 0 aliphatic carbocycles. The van der Waals surface area contributed by atoms with Crippen molar-refractivity contribution < 1.29 is 14.6 Å². The average Bonchev–Trinajstić information content (AvgIpc) is 2.99. The Balaban J connectivity index is 1.72. The number of carbonyl (C=O) groups is 1. The summed E-state index contributed by atoms with van der Waals surface area (Å²) in [6.45, 7) is 0. The number of ether oxygens (including phenoxy) is 1. The number of rotatable bonds is 4. The van der Waals surface area contributed by atoms with Crippen LogP contribution in [0.5, 0.6) is 11.5 Å². The number of hydrazone groups is 1. The number of phenols is 1. The zero-order chi connectivity index (χ0) is 17.1. The van der Waals surface area contributed by atoms with Gasteiger partial charge in [0.15, 0.2) is 0 Å². The highest BCUT2D eigenvalue weighted by atomic mass is 79.9. The molecule has 0 aliphatic rings. The number of halogens is 1. The molecule has 0 bridgehead atoms. The quantitative estimate of drug-likeness (QED) is 0.530. The van der Waals surface area contributed by atoms with Gasteiger partial charge in [0.05, 0.1) is 13.3 Å². The first-order valence-electron chi connectivity index (χ1n) is 6.91. The van der Waals surface area contributed by atoms with Crippen LogP contribution in [-0.4, -0.2) is 33.7 Å². The number of pyridine rings is 1. The van der Waals surface area contributed by atoms with Gasteiger partial charge in [-0.1, -0.05) is 0 Å². The van der Waals surface area contributed by atoms with Gasteiger partial charge in [-0.05, 0) is 40.2 Å². The molecule has 122 valence electrons. The van der Waals surface area contributed by atoms with Crippen molar-refractivity contribution in [2.24, 2.45) is 5.10 Å². The van der Waals surface area contributed by atoms with E-state index in [0.717, 1.165) is 4.47 Å². The molecule has 1 aromatic carbocycles. The number of nitrogens with one attached hydrogen (secondary N) is 1. The predicted octanol–water partition coefficient (Wildman–Crippen LogP) is 2.57. The fourth-order valence-corrected chi connectivity index (χ4v) is 2.40. The van der Waals surface area contributed by atoms with E-state index in [0.29, 0.717) is 17.0 Å². The first-order chi connectivity index (χ1) is 11.6. The molecule has 7 nitrogen and oxygen atoms in total. The third kappa shape index (κ3) is 3.38. The molecule has 2 aromatic heterocycles. The molecule has 0 saturated heterocycles. The van der Waals surface area contributed by atoms with Crippen molar-refractivity contribution in [1.82, 2.24) is 14.8 Å². The van der Waals surface area contributed by atoms with Gasteiger partial charge < -0.3 is 14.2 Å². The number of imidazole rings is 1. The van der Waals surface area contributed by atoms with Gasteiger partial charge >= 0.3 is 0 Å². The monoisotopic (exact) mass is 388 g/mol. The summed E-state index contributed by atoms with van der Waals surface area (Å²) in [5.41, 5.74) is 3.73.